The van der Waals surface area contributed by atoms with Gasteiger partial charge in [-0.3, -0.25) is 9.80 Å². The van der Waals surface area contributed by atoms with Gasteiger partial charge in [-0.1, -0.05) is 24.3 Å². The van der Waals surface area contributed by atoms with Crippen LogP contribution >= 0.6 is 0 Å². The van der Waals surface area contributed by atoms with E-state index in [-0.39, 0.29) is 62.5 Å². The van der Waals surface area contributed by atoms with E-state index in [0.717, 1.165) is 6.42 Å². The van der Waals surface area contributed by atoms with Gasteiger partial charge in [0.1, 0.15) is 69.9 Å². The van der Waals surface area contributed by atoms with Gasteiger partial charge in [0.15, 0.2) is 11.6 Å². The van der Waals surface area contributed by atoms with E-state index < -0.39 is 105 Å². The molecule has 2 bridgehead atoms. The molecule has 0 N–H and O–H groups in total. The first-order valence-corrected chi connectivity index (χ1v) is 23.7. The van der Waals surface area contributed by atoms with Crippen molar-refractivity contribution >= 4 is 28.5 Å². The van der Waals surface area contributed by atoms with Gasteiger partial charge in [-0.25, -0.2) is 27.3 Å². The molecule has 20 heteroatoms. The molecule has 71 heavy (non-hydrogen) atoms. The highest BCUT2D eigenvalue weighted by molar-refractivity contribution is 5.98. The van der Waals surface area contributed by atoms with Crippen molar-refractivity contribution in [2.45, 2.75) is 121 Å². The molecule has 7 heterocycles. The molecule has 5 aromatic rings. The molecule has 1 amide bonds. The molecule has 378 valence electrons. The Kier molecular flexibility index (Phi) is 12.3. The third-order valence-electron chi connectivity index (χ3n) is 14.4. The average Bonchev–Trinajstić information content (AvgIpc) is 3.93. The molecule has 0 aliphatic carbocycles. The summed E-state index contributed by atoms with van der Waals surface area (Å²) in [5.74, 6) is -4.13. The summed E-state index contributed by atoms with van der Waals surface area (Å²) in [6.45, 7) is 7.48. The van der Waals surface area contributed by atoms with E-state index in [1.54, 1.807) is 81.1 Å². The topological polar surface area (TPSA) is 115 Å². The maximum atomic E-state index is 17.9. The van der Waals surface area contributed by atoms with Crippen molar-refractivity contribution in [2.75, 3.05) is 50.3 Å². The fraction of sp³-hybridized carbons (Fsp3) is 0.490. The Morgan fingerprint density at radius 3 is 2.18 bits per heavy atom. The minimum Gasteiger partial charge on any atom is -0.497 e. The van der Waals surface area contributed by atoms with Crippen LogP contribution in [0.2, 0.25) is 0 Å². The van der Waals surface area contributed by atoms with Gasteiger partial charge >= 0.3 is 18.3 Å². The zero-order valence-electron chi connectivity index (χ0n) is 40.1. The van der Waals surface area contributed by atoms with Gasteiger partial charge < -0.3 is 33.5 Å². The van der Waals surface area contributed by atoms with Gasteiger partial charge in [0.2, 0.25) is 5.88 Å². The number of halogens is 7. The monoisotopic (exact) mass is 993 g/mol. The summed E-state index contributed by atoms with van der Waals surface area (Å²) in [5, 5.41) is -0.125. The highest BCUT2D eigenvalue weighted by Crippen LogP contribution is 2.50. The molecule has 0 saturated carbocycles. The van der Waals surface area contributed by atoms with E-state index in [1.807, 2.05) is 9.80 Å². The number of hydrogen-bond acceptors (Lipinski definition) is 12. The number of nitrogens with zero attached hydrogens (tertiary/aromatic N) is 7. The lowest BCUT2D eigenvalue weighted by atomic mass is 9.95. The van der Waals surface area contributed by atoms with E-state index in [4.69, 9.17) is 28.7 Å². The maximum absolute atomic E-state index is 17.9. The van der Waals surface area contributed by atoms with Gasteiger partial charge in [-0.15, -0.1) is 0 Å². The number of fused-ring (bicyclic) bond motifs is 6. The van der Waals surface area contributed by atoms with Crippen LogP contribution in [0.5, 0.6) is 23.4 Å². The SMILES string of the molecule is COc1ccc(CN(Cc2ccc(OC)cc2)c2c(F)cc(C(F)(F)F)c(-c3nc4c5c(nc(OC[C@@]67CCCN6C[C@H](F)C7)nc5c3F)N3C[C@H]5CC[C@@H]([C@H]3[C@H](C)O4)N5C(=O)OC(C)(C)C)c2F)cc1. The van der Waals surface area contributed by atoms with E-state index in [0.29, 0.717) is 48.4 Å². The molecular weight excluding hydrogens is 940 g/mol. The third-order valence-corrected chi connectivity index (χ3v) is 14.4. The van der Waals surface area contributed by atoms with Gasteiger partial charge in [0, 0.05) is 32.6 Å². The molecule has 0 spiro atoms. The van der Waals surface area contributed by atoms with Crippen LogP contribution < -0.4 is 28.7 Å². The molecule has 0 radical (unpaired) electrons. The van der Waals surface area contributed by atoms with Crippen LogP contribution in [0.1, 0.15) is 76.5 Å². The van der Waals surface area contributed by atoms with Crippen LogP contribution in [0.25, 0.3) is 22.2 Å². The number of rotatable bonds is 11. The van der Waals surface area contributed by atoms with E-state index in [2.05, 4.69) is 9.97 Å². The number of aromatic nitrogens is 3. The van der Waals surface area contributed by atoms with Crippen molar-refractivity contribution in [3.8, 4) is 34.6 Å². The third kappa shape index (κ3) is 8.83. The molecule has 3 aromatic carbocycles. The number of carbonyl (C=O) groups excluding carboxylic acids is 1. The molecular formula is C51H54F7N7O6. The largest absolute Gasteiger partial charge is 0.497 e. The molecule has 0 unspecified atom stereocenters. The van der Waals surface area contributed by atoms with Gasteiger partial charge in [-0.2, -0.15) is 23.1 Å². The smallest absolute Gasteiger partial charge is 0.417 e. The lowest BCUT2D eigenvalue weighted by Gasteiger charge is -2.48. The molecule has 6 atom stereocenters. The first-order valence-electron chi connectivity index (χ1n) is 23.7. The second-order valence-corrected chi connectivity index (χ2v) is 20.1. The van der Waals surface area contributed by atoms with Crippen LogP contribution in [0, 0.1) is 17.5 Å². The van der Waals surface area contributed by atoms with Crippen molar-refractivity contribution in [2.24, 2.45) is 0 Å². The van der Waals surface area contributed by atoms with Crippen molar-refractivity contribution in [1.82, 2.24) is 24.8 Å². The second kappa shape index (κ2) is 18.1. The van der Waals surface area contributed by atoms with Crippen LogP contribution in [0.4, 0.5) is 47.0 Å². The fourth-order valence-corrected chi connectivity index (χ4v) is 11.4. The first-order chi connectivity index (χ1) is 33.8. The summed E-state index contributed by atoms with van der Waals surface area (Å²) in [7, 11) is 2.94. The summed E-state index contributed by atoms with van der Waals surface area (Å²) >= 11 is 0. The number of pyridine rings is 1. The summed E-state index contributed by atoms with van der Waals surface area (Å²) < 4.78 is 143. The minimum absolute atomic E-state index is 0.0741. The van der Waals surface area contributed by atoms with E-state index in [9.17, 15) is 9.18 Å². The fourth-order valence-electron chi connectivity index (χ4n) is 11.4. The molecule has 4 fully saturated rings. The number of carbonyl (C=O) groups is 1. The highest BCUT2D eigenvalue weighted by atomic mass is 19.4. The van der Waals surface area contributed by atoms with E-state index >= 15 is 26.3 Å². The Morgan fingerprint density at radius 1 is 0.901 bits per heavy atom. The zero-order chi connectivity index (χ0) is 50.3. The number of ether oxygens (including phenoxy) is 5. The highest BCUT2D eigenvalue weighted by Gasteiger charge is 2.55. The van der Waals surface area contributed by atoms with Gasteiger partial charge in [0.05, 0.1) is 49.0 Å². The second-order valence-electron chi connectivity index (χ2n) is 20.1. The number of benzene rings is 3. The quantitative estimate of drug-likeness (QED) is 0.117. The maximum Gasteiger partial charge on any atom is 0.417 e. The molecule has 10 rings (SSSR count). The lowest BCUT2D eigenvalue weighted by Crippen LogP contribution is -2.65. The average molecular weight is 994 g/mol. The first kappa shape index (κ1) is 48.3. The van der Waals surface area contributed by atoms with Gasteiger partial charge in [0.25, 0.3) is 0 Å². The normalized spacial score (nSPS) is 23.8. The van der Waals surface area contributed by atoms with Crippen molar-refractivity contribution in [3.05, 3.63) is 88.7 Å². The molecule has 13 nitrogen and oxygen atoms in total. The van der Waals surface area contributed by atoms with Crippen molar-refractivity contribution < 1.29 is 59.2 Å². The number of amides is 1. The van der Waals surface area contributed by atoms with Crippen LogP contribution in [0.3, 0.4) is 0 Å². The molecule has 4 saturated heterocycles. The van der Waals surface area contributed by atoms with Crippen molar-refractivity contribution in [3.63, 3.8) is 0 Å². The van der Waals surface area contributed by atoms with Crippen LogP contribution in [0.15, 0.2) is 54.6 Å². The van der Waals surface area contributed by atoms with Crippen molar-refractivity contribution in [1.29, 1.82) is 0 Å². The Bertz CT molecular complexity index is 2800. The van der Waals surface area contributed by atoms with Crippen LogP contribution in [-0.2, 0) is 24.0 Å². The number of alkyl halides is 4. The predicted octanol–water partition coefficient (Wildman–Crippen LogP) is 10.0. The summed E-state index contributed by atoms with van der Waals surface area (Å²) in [5.41, 5.74) is -6.32. The zero-order valence-corrected chi connectivity index (χ0v) is 40.1. The number of methoxy groups -OCH3 is 2. The summed E-state index contributed by atoms with van der Waals surface area (Å²) in [6.07, 6.45) is -5.29. The summed E-state index contributed by atoms with van der Waals surface area (Å²) in [6, 6.07) is 11.3. The Labute approximate surface area is 405 Å². The summed E-state index contributed by atoms with van der Waals surface area (Å²) in [4.78, 5) is 34.3. The Balaban J connectivity index is 1.15. The Hall–Kier alpha value is -6.31. The molecule has 5 aliphatic heterocycles. The van der Waals surface area contributed by atoms with Crippen LogP contribution in [-0.4, -0.2) is 113 Å². The minimum atomic E-state index is -5.43. The lowest BCUT2D eigenvalue weighted by molar-refractivity contribution is -0.137. The van der Waals surface area contributed by atoms with Gasteiger partial charge in [-0.05, 0) is 101 Å². The molecule has 2 aromatic heterocycles. The standard InChI is InChI=1S/C51H54F7N7O6/c1-27-43-36-17-12-31(65(36)48(66)71-49(2,3)4)25-64(43)45-38-42(60-47(61-45)69-26-50-18-7-19-63(50)24-30(52)21-50)40(55)41(59-46(38)70-27)37-34(51(56,57)58)20-35(53)44(39(37)54)62(22-28-8-13-32(67-5)14-9-28)23-29-10-15-33(68-6)16-11-29/h8-11,13-16,20,27,30-31,36,43H,7,12,17-19,21-26H2,1-6H3/t27-,30+,31+,36-,43+,50-/m0/s1. The predicted molar refractivity (Wildman–Crippen MR) is 248 cm³/mol. The number of anilines is 2. The number of piperazine rings is 1. The molecule has 5 aliphatic rings. The van der Waals surface area contributed by atoms with E-state index in [1.165, 1.54) is 19.1 Å². The Morgan fingerprint density at radius 2 is 1.56 bits per heavy atom. The number of hydrogen-bond donors (Lipinski definition) is 0.